The summed E-state index contributed by atoms with van der Waals surface area (Å²) in [6.07, 6.45) is 1.11. The van der Waals surface area contributed by atoms with Crippen molar-refractivity contribution in [2.75, 3.05) is 13.1 Å². The van der Waals surface area contributed by atoms with E-state index in [1.165, 1.54) is 18.2 Å². The van der Waals surface area contributed by atoms with Crippen molar-refractivity contribution in [3.63, 3.8) is 0 Å². The fourth-order valence-corrected chi connectivity index (χ4v) is 3.77. The van der Waals surface area contributed by atoms with E-state index < -0.39 is 4.92 Å². The minimum Gasteiger partial charge on any atom is -0.449 e. The summed E-state index contributed by atoms with van der Waals surface area (Å²) in [5, 5.41) is 11.4. The number of carbonyl (C=O) groups excluding carboxylic acids is 1. The molecule has 27 heavy (non-hydrogen) atoms. The molecule has 0 saturated carbocycles. The van der Waals surface area contributed by atoms with E-state index in [4.69, 9.17) is 16.3 Å². The zero-order chi connectivity index (χ0) is 19.6. The predicted octanol–water partition coefficient (Wildman–Crippen LogP) is 5.16. The molecule has 1 fully saturated rings. The van der Waals surface area contributed by atoms with Gasteiger partial charge >= 0.3 is 5.69 Å². The van der Waals surface area contributed by atoms with E-state index in [0.717, 1.165) is 19.5 Å². The number of hydrogen-bond donors (Lipinski definition) is 0. The van der Waals surface area contributed by atoms with Crippen LogP contribution in [0, 0.1) is 22.0 Å². The molecule has 1 amide bonds. The van der Waals surface area contributed by atoms with Gasteiger partial charge in [-0.1, -0.05) is 37.6 Å². The van der Waals surface area contributed by atoms with Crippen molar-refractivity contribution in [2.24, 2.45) is 11.8 Å². The maximum atomic E-state index is 12.9. The highest BCUT2D eigenvalue weighted by molar-refractivity contribution is 6.32. The second-order valence-electron chi connectivity index (χ2n) is 7.13. The number of nitro benzene ring substituents is 1. The molecule has 0 aromatic heterocycles. The van der Waals surface area contributed by atoms with Crippen molar-refractivity contribution in [3.8, 4) is 11.5 Å². The maximum Gasteiger partial charge on any atom is 0.313 e. The van der Waals surface area contributed by atoms with E-state index >= 15 is 0 Å². The lowest BCUT2D eigenvalue weighted by molar-refractivity contribution is -0.385. The van der Waals surface area contributed by atoms with Gasteiger partial charge < -0.3 is 9.64 Å². The molecule has 2 aromatic carbocycles. The van der Waals surface area contributed by atoms with Gasteiger partial charge in [-0.25, -0.2) is 0 Å². The van der Waals surface area contributed by atoms with Gasteiger partial charge in [0.2, 0.25) is 5.75 Å². The predicted molar refractivity (Wildman–Crippen MR) is 103 cm³/mol. The van der Waals surface area contributed by atoms with Crippen molar-refractivity contribution >= 4 is 23.2 Å². The van der Waals surface area contributed by atoms with E-state index in [-0.39, 0.29) is 22.4 Å². The average molecular weight is 389 g/mol. The Morgan fingerprint density at radius 3 is 2.52 bits per heavy atom. The molecule has 142 valence electrons. The molecule has 0 spiro atoms. The molecule has 3 rings (SSSR count). The van der Waals surface area contributed by atoms with Gasteiger partial charge in [0.25, 0.3) is 5.91 Å². The van der Waals surface area contributed by atoms with E-state index in [1.54, 1.807) is 24.3 Å². The molecule has 0 aliphatic carbocycles. The second-order valence-corrected chi connectivity index (χ2v) is 7.54. The van der Waals surface area contributed by atoms with Crippen LogP contribution in [-0.2, 0) is 0 Å². The van der Waals surface area contributed by atoms with Crippen LogP contribution in [0.2, 0.25) is 5.02 Å². The molecule has 7 heteroatoms. The zero-order valence-corrected chi connectivity index (χ0v) is 16.0. The summed E-state index contributed by atoms with van der Waals surface area (Å²) in [4.78, 5) is 25.4. The number of nitrogens with zero attached hydrogens (tertiary/aromatic N) is 2. The molecule has 1 heterocycles. The van der Waals surface area contributed by atoms with E-state index in [0.29, 0.717) is 23.1 Å². The van der Waals surface area contributed by atoms with Gasteiger partial charge in [0, 0.05) is 24.7 Å². The number of carbonyl (C=O) groups is 1. The number of likely N-dealkylation sites (tertiary alicyclic amines) is 1. The molecule has 0 N–H and O–H groups in total. The Kier molecular flexibility index (Phi) is 5.65. The van der Waals surface area contributed by atoms with Gasteiger partial charge in [0.1, 0.15) is 5.75 Å². The third-order valence-electron chi connectivity index (χ3n) is 4.60. The summed E-state index contributed by atoms with van der Waals surface area (Å²) in [6.45, 7) is 5.74. The first-order chi connectivity index (χ1) is 12.8. The van der Waals surface area contributed by atoms with Gasteiger partial charge in [0.15, 0.2) is 0 Å². The van der Waals surface area contributed by atoms with Crippen LogP contribution in [0.4, 0.5) is 5.69 Å². The van der Waals surface area contributed by atoms with E-state index in [2.05, 4.69) is 13.8 Å². The second kappa shape index (κ2) is 7.96. The summed E-state index contributed by atoms with van der Waals surface area (Å²) in [7, 11) is 0. The van der Waals surface area contributed by atoms with Crippen LogP contribution >= 0.6 is 11.6 Å². The number of amides is 1. The average Bonchev–Trinajstić information content (AvgIpc) is 2.62. The monoisotopic (exact) mass is 388 g/mol. The lowest BCUT2D eigenvalue weighted by Gasteiger charge is -2.35. The Hall–Kier alpha value is -2.60. The SMILES string of the molecule is CC1CC(C)CN(C(=O)c2cccc(Oc3c(Cl)cccc3[N+](=O)[O-])c2)C1. The molecule has 0 bridgehead atoms. The Morgan fingerprint density at radius 1 is 1.19 bits per heavy atom. The summed E-state index contributed by atoms with van der Waals surface area (Å²) >= 11 is 6.07. The van der Waals surface area contributed by atoms with Crippen LogP contribution in [0.25, 0.3) is 0 Å². The molecule has 2 aromatic rings. The number of rotatable bonds is 4. The topological polar surface area (TPSA) is 72.7 Å². The molecule has 6 nitrogen and oxygen atoms in total. The number of piperidine rings is 1. The lowest BCUT2D eigenvalue weighted by Crippen LogP contribution is -2.42. The van der Waals surface area contributed by atoms with Crippen LogP contribution in [-0.4, -0.2) is 28.8 Å². The van der Waals surface area contributed by atoms with Crippen molar-refractivity contribution in [3.05, 3.63) is 63.2 Å². The first-order valence-electron chi connectivity index (χ1n) is 8.85. The van der Waals surface area contributed by atoms with Crippen molar-refractivity contribution < 1.29 is 14.5 Å². The van der Waals surface area contributed by atoms with Crippen LogP contribution in [0.1, 0.15) is 30.6 Å². The zero-order valence-electron chi connectivity index (χ0n) is 15.2. The fourth-order valence-electron chi connectivity index (χ4n) is 3.56. The van der Waals surface area contributed by atoms with Crippen LogP contribution in [0.3, 0.4) is 0 Å². The number of nitro groups is 1. The molecule has 0 radical (unpaired) electrons. The van der Waals surface area contributed by atoms with Crippen LogP contribution in [0.5, 0.6) is 11.5 Å². The third kappa shape index (κ3) is 4.39. The quantitative estimate of drug-likeness (QED) is 0.535. The van der Waals surface area contributed by atoms with Crippen LogP contribution < -0.4 is 4.74 Å². The lowest BCUT2D eigenvalue weighted by atomic mass is 9.91. The van der Waals surface area contributed by atoms with Gasteiger partial charge in [-0.2, -0.15) is 0 Å². The fraction of sp³-hybridized carbons (Fsp3) is 0.350. The molecule has 2 unspecified atom stereocenters. The van der Waals surface area contributed by atoms with E-state index in [9.17, 15) is 14.9 Å². The van der Waals surface area contributed by atoms with E-state index in [1.807, 2.05) is 4.90 Å². The number of ether oxygens (including phenoxy) is 1. The van der Waals surface area contributed by atoms with Gasteiger partial charge in [-0.15, -0.1) is 0 Å². The third-order valence-corrected chi connectivity index (χ3v) is 4.90. The molecule has 1 aliphatic rings. The van der Waals surface area contributed by atoms with Crippen LogP contribution in [0.15, 0.2) is 42.5 Å². The normalized spacial score (nSPS) is 19.6. The minimum absolute atomic E-state index is 0.0333. The summed E-state index contributed by atoms with van der Waals surface area (Å²) < 4.78 is 5.68. The minimum atomic E-state index is -0.549. The maximum absolute atomic E-state index is 12.9. The highest BCUT2D eigenvalue weighted by atomic mass is 35.5. The highest BCUT2D eigenvalue weighted by Crippen LogP contribution is 2.38. The van der Waals surface area contributed by atoms with Crippen molar-refractivity contribution in [1.29, 1.82) is 0 Å². The molecule has 1 saturated heterocycles. The highest BCUT2D eigenvalue weighted by Gasteiger charge is 2.26. The standard InChI is InChI=1S/C20H21ClN2O4/c1-13-9-14(2)12-22(11-13)20(24)15-5-3-6-16(10-15)27-19-17(21)7-4-8-18(19)23(25)26/h3-8,10,13-14H,9,11-12H2,1-2H3. The number of para-hydroxylation sites is 1. The molecular formula is C20H21ClN2O4. The van der Waals surface area contributed by atoms with Crippen molar-refractivity contribution in [2.45, 2.75) is 20.3 Å². The molecular weight excluding hydrogens is 368 g/mol. The Morgan fingerprint density at radius 2 is 1.85 bits per heavy atom. The van der Waals surface area contributed by atoms with Gasteiger partial charge in [-0.3, -0.25) is 14.9 Å². The summed E-state index contributed by atoms with van der Waals surface area (Å²) in [6, 6.07) is 11.0. The Labute approximate surface area is 162 Å². The number of halogens is 1. The summed E-state index contributed by atoms with van der Waals surface area (Å²) in [5.74, 6) is 1.16. The number of benzene rings is 2. The summed E-state index contributed by atoms with van der Waals surface area (Å²) in [5.41, 5.74) is 0.265. The molecule has 2 atom stereocenters. The first kappa shape index (κ1) is 19.2. The first-order valence-corrected chi connectivity index (χ1v) is 9.23. The van der Waals surface area contributed by atoms with Gasteiger partial charge in [0.05, 0.1) is 9.95 Å². The van der Waals surface area contributed by atoms with Gasteiger partial charge in [-0.05, 0) is 42.5 Å². The van der Waals surface area contributed by atoms with Crippen molar-refractivity contribution in [1.82, 2.24) is 4.90 Å². The molecule has 1 aliphatic heterocycles. The smallest absolute Gasteiger partial charge is 0.313 e. The Balaban J connectivity index is 1.85. The Bertz CT molecular complexity index is 861. The number of hydrogen-bond acceptors (Lipinski definition) is 4. The largest absolute Gasteiger partial charge is 0.449 e.